The molecule has 2 aliphatic rings. The number of hydrogen-bond donors (Lipinski definition) is 0. The van der Waals surface area contributed by atoms with E-state index in [2.05, 4.69) is 56.9 Å². The molecule has 1 amide bonds. The maximum Gasteiger partial charge on any atom is 0.222 e. The molecule has 1 aliphatic carbocycles. The Morgan fingerprint density at radius 3 is 2.30 bits per heavy atom. The highest BCUT2D eigenvalue weighted by Gasteiger charge is 2.30. The highest BCUT2D eigenvalue weighted by molar-refractivity contribution is 5.76. The van der Waals surface area contributed by atoms with E-state index in [-0.39, 0.29) is 5.91 Å². The summed E-state index contributed by atoms with van der Waals surface area (Å²) >= 11 is 0. The molecule has 1 saturated heterocycles. The van der Waals surface area contributed by atoms with Crippen LogP contribution in [0.3, 0.4) is 0 Å². The van der Waals surface area contributed by atoms with E-state index in [0.717, 1.165) is 49.9 Å². The lowest BCUT2D eigenvalue weighted by molar-refractivity contribution is -0.132. The highest BCUT2D eigenvalue weighted by atomic mass is 16.2. The van der Waals surface area contributed by atoms with E-state index >= 15 is 0 Å². The molecule has 5 nitrogen and oxygen atoms in total. The number of benzene rings is 1. The molecule has 0 N–H and O–H groups in total. The normalized spacial score (nSPS) is 17.0. The lowest BCUT2D eigenvalue weighted by Gasteiger charge is -2.37. The topological polar surface area (TPSA) is 49.3 Å². The van der Waals surface area contributed by atoms with Crippen molar-refractivity contribution in [2.45, 2.75) is 59.3 Å². The summed E-state index contributed by atoms with van der Waals surface area (Å²) in [4.78, 5) is 26.8. The van der Waals surface area contributed by atoms with Gasteiger partial charge in [-0.1, -0.05) is 43.7 Å². The zero-order chi connectivity index (χ0) is 21.3. The van der Waals surface area contributed by atoms with Crippen LogP contribution < -0.4 is 4.90 Å². The first-order chi connectivity index (χ1) is 14.4. The number of hydrogen-bond acceptors (Lipinski definition) is 4. The van der Waals surface area contributed by atoms with Gasteiger partial charge in [0.05, 0.1) is 0 Å². The molecule has 0 unspecified atom stereocenters. The van der Waals surface area contributed by atoms with Crippen LogP contribution in [0.4, 0.5) is 5.82 Å². The average Bonchev–Trinajstić information content (AvgIpc) is 3.56. The minimum Gasteiger partial charge on any atom is -0.353 e. The van der Waals surface area contributed by atoms with Gasteiger partial charge in [0, 0.05) is 56.2 Å². The number of nitrogens with zero attached hydrogens (tertiary/aromatic N) is 4. The fourth-order valence-electron chi connectivity index (χ4n) is 4.15. The molecular formula is C25H34N4O. The molecule has 1 saturated carbocycles. The first-order valence-corrected chi connectivity index (χ1v) is 11.4. The third-order valence-electron chi connectivity index (χ3n) is 6.17. The van der Waals surface area contributed by atoms with Gasteiger partial charge in [-0.2, -0.15) is 0 Å². The minimum atomic E-state index is 0.280. The van der Waals surface area contributed by atoms with E-state index in [1.54, 1.807) is 0 Å². The average molecular weight is 407 g/mol. The van der Waals surface area contributed by atoms with E-state index in [1.807, 2.05) is 4.90 Å². The molecule has 2 aromatic rings. The van der Waals surface area contributed by atoms with E-state index in [1.165, 1.54) is 29.5 Å². The van der Waals surface area contributed by atoms with Gasteiger partial charge in [0.1, 0.15) is 11.6 Å². The Bertz CT molecular complexity index is 894. The zero-order valence-electron chi connectivity index (χ0n) is 18.8. The van der Waals surface area contributed by atoms with Crippen molar-refractivity contribution in [1.82, 2.24) is 14.9 Å². The summed E-state index contributed by atoms with van der Waals surface area (Å²) in [5, 5.41) is 0. The van der Waals surface area contributed by atoms with Crippen LogP contribution in [0.15, 0.2) is 24.3 Å². The smallest absolute Gasteiger partial charge is 0.222 e. The predicted octanol–water partition coefficient (Wildman–Crippen LogP) is 4.26. The van der Waals surface area contributed by atoms with E-state index in [4.69, 9.17) is 9.97 Å². The van der Waals surface area contributed by atoms with Crippen molar-refractivity contribution >= 4 is 11.7 Å². The summed E-state index contributed by atoms with van der Waals surface area (Å²) in [5.41, 5.74) is 4.89. The summed E-state index contributed by atoms with van der Waals surface area (Å²) in [6, 6.07) is 8.75. The zero-order valence-corrected chi connectivity index (χ0v) is 18.8. The first-order valence-electron chi connectivity index (χ1n) is 11.4. The van der Waals surface area contributed by atoms with Crippen LogP contribution in [0.2, 0.25) is 0 Å². The second kappa shape index (κ2) is 8.75. The Hall–Kier alpha value is -2.43. The van der Waals surface area contributed by atoms with Gasteiger partial charge in [0.2, 0.25) is 5.91 Å². The summed E-state index contributed by atoms with van der Waals surface area (Å²) in [6.45, 7) is 11.7. The molecule has 0 bridgehead atoms. The molecule has 5 heteroatoms. The van der Waals surface area contributed by atoms with Crippen molar-refractivity contribution in [2.24, 2.45) is 5.92 Å². The number of carbonyl (C=O) groups excluding carboxylic acids is 1. The predicted molar refractivity (Wildman–Crippen MR) is 121 cm³/mol. The Labute approximate surface area is 180 Å². The number of rotatable bonds is 6. The van der Waals surface area contributed by atoms with Crippen LogP contribution in [0.1, 0.15) is 67.2 Å². The number of piperazine rings is 1. The Morgan fingerprint density at radius 2 is 1.70 bits per heavy atom. The molecule has 2 heterocycles. The number of anilines is 1. The van der Waals surface area contributed by atoms with Crippen LogP contribution >= 0.6 is 0 Å². The molecule has 2 fully saturated rings. The van der Waals surface area contributed by atoms with Crippen LogP contribution in [0.5, 0.6) is 0 Å². The van der Waals surface area contributed by atoms with Gasteiger partial charge in [0.15, 0.2) is 0 Å². The molecule has 160 valence electrons. The molecule has 30 heavy (non-hydrogen) atoms. The number of amides is 1. The SMILES string of the molecule is Cc1ccc(Cc2c(C)nc(C3CC3)nc2N2CCN(C(=O)CC(C)C)CC2)cc1. The Morgan fingerprint density at radius 1 is 1.03 bits per heavy atom. The number of carbonyl (C=O) groups is 1. The van der Waals surface area contributed by atoms with Gasteiger partial charge in [-0.15, -0.1) is 0 Å². The summed E-state index contributed by atoms with van der Waals surface area (Å²) in [7, 11) is 0. The molecule has 1 aromatic carbocycles. The van der Waals surface area contributed by atoms with Gasteiger partial charge in [0.25, 0.3) is 0 Å². The standard InChI is InChI=1S/C25H34N4O/c1-17(2)15-23(30)28-11-13-29(14-12-28)25-22(16-20-7-5-18(3)6-8-20)19(4)26-24(27-25)21-9-10-21/h5-8,17,21H,9-16H2,1-4H3. The van der Waals surface area contributed by atoms with Crippen molar-refractivity contribution in [1.29, 1.82) is 0 Å². The summed E-state index contributed by atoms with van der Waals surface area (Å²) in [6.07, 6.45) is 3.89. The molecule has 0 atom stereocenters. The highest BCUT2D eigenvalue weighted by Crippen LogP contribution is 2.39. The number of aryl methyl sites for hydroxylation is 2. The van der Waals surface area contributed by atoms with Crippen molar-refractivity contribution in [3.8, 4) is 0 Å². The van der Waals surface area contributed by atoms with E-state index in [0.29, 0.717) is 18.3 Å². The van der Waals surface area contributed by atoms with Crippen molar-refractivity contribution < 1.29 is 4.79 Å². The Kier molecular flexibility index (Phi) is 6.07. The van der Waals surface area contributed by atoms with Gasteiger partial charge in [-0.3, -0.25) is 4.79 Å². The molecule has 1 aliphatic heterocycles. The fourth-order valence-corrected chi connectivity index (χ4v) is 4.15. The third kappa shape index (κ3) is 4.82. The van der Waals surface area contributed by atoms with Crippen LogP contribution in [0.25, 0.3) is 0 Å². The molecular weight excluding hydrogens is 372 g/mol. The number of aromatic nitrogens is 2. The van der Waals surface area contributed by atoms with Gasteiger partial charge in [-0.25, -0.2) is 9.97 Å². The third-order valence-corrected chi connectivity index (χ3v) is 6.17. The monoisotopic (exact) mass is 406 g/mol. The maximum absolute atomic E-state index is 12.5. The summed E-state index contributed by atoms with van der Waals surface area (Å²) in [5.74, 6) is 3.31. The maximum atomic E-state index is 12.5. The second-order valence-corrected chi connectivity index (χ2v) is 9.37. The molecule has 1 aromatic heterocycles. The molecule has 4 rings (SSSR count). The fraction of sp³-hybridized carbons (Fsp3) is 0.560. The lowest BCUT2D eigenvalue weighted by Crippen LogP contribution is -2.49. The van der Waals surface area contributed by atoms with Crippen LogP contribution in [-0.2, 0) is 11.2 Å². The quantitative estimate of drug-likeness (QED) is 0.719. The van der Waals surface area contributed by atoms with Gasteiger partial charge in [-0.05, 0) is 38.2 Å². The molecule has 0 radical (unpaired) electrons. The van der Waals surface area contributed by atoms with Gasteiger partial charge >= 0.3 is 0 Å². The molecule has 0 spiro atoms. The van der Waals surface area contributed by atoms with Crippen LogP contribution in [0, 0.1) is 19.8 Å². The first kappa shape index (κ1) is 20.8. The van der Waals surface area contributed by atoms with Crippen LogP contribution in [-0.4, -0.2) is 47.0 Å². The van der Waals surface area contributed by atoms with Crippen molar-refractivity contribution in [2.75, 3.05) is 31.1 Å². The minimum absolute atomic E-state index is 0.280. The second-order valence-electron chi connectivity index (χ2n) is 9.37. The van der Waals surface area contributed by atoms with E-state index in [9.17, 15) is 4.79 Å². The largest absolute Gasteiger partial charge is 0.353 e. The van der Waals surface area contributed by atoms with Crippen molar-refractivity contribution in [3.63, 3.8) is 0 Å². The lowest BCUT2D eigenvalue weighted by atomic mass is 10.0. The summed E-state index contributed by atoms with van der Waals surface area (Å²) < 4.78 is 0. The van der Waals surface area contributed by atoms with E-state index < -0.39 is 0 Å². The van der Waals surface area contributed by atoms with Crippen molar-refractivity contribution in [3.05, 3.63) is 52.5 Å². The Balaban J connectivity index is 1.56. The van der Waals surface area contributed by atoms with Gasteiger partial charge < -0.3 is 9.80 Å².